The van der Waals surface area contributed by atoms with Gasteiger partial charge in [-0.15, -0.1) is 0 Å². The van der Waals surface area contributed by atoms with E-state index in [-0.39, 0.29) is 24.7 Å². The zero-order valence-electron chi connectivity index (χ0n) is 16.5. The van der Waals surface area contributed by atoms with Gasteiger partial charge in [-0.1, -0.05) is 0 Å². The van der Waals surface area contributed by atoms with Gasteiger partial charge in [-0.05, 0) is 38.1 Å². The SMILES string of the molecule is CCOC(=O)C[C@@H](C(=O)OCC)[C@H](NC(=O)c1ccc(NC(C)=O)cc1)C(N)=O. The third kappa shape index (κ3) is 7.60. The van der Waals surface area contributed by atoms with Crippen molar-refractivity contribution < 1.29 is 33.4 Å². The lowest BCUT2D eigenvalue weighted by Crippen LogP contribution is -2.52. The summed E-state index contributed by atoms with van der Waals surface area (Å²) in [6.45, 7) is 4.60. The van der Waals surface area contributed by atoms with Crippen molar-refractivity contribution in [2.45, 2.75) is 33.2 Å². The molecule has 0 heterocycles. The molecule has 2 atom stereocenters. The predicted octanol–water partition coefficient (Wildman–Crippen LogP) is 0.361. The number of ether oxygens (including phenoxy) is 2. The molecule has 0 saturated heterocycles. The average Bonchev–Trinajstić information content (AvgIpc) is 2.64. The molecule has 0 bridgehead atoms. The van der Waals surface area contributed by atoms with Gasteiger partial charge in [0.05, 0.1) is 25.6 Å². The molecule has 0 aliphatic carbocycles. The zero-order chi connectivity index (χ0) is 22.0. The second-order valence-electron chi connectivity index (χ2n) is 5.98. The molecule has 29 heavy (non-hydrogen) atoms. The van der Waals surface area contributed by atoms with Crippen LogP contribution in [0.5, 0.6) is 0 Å². The zero-order valence-corrected chi connectivity index (χ0v) is 16.5. The topological polar surface area (TPSA) is 154 Å². The van der Waals surface area contributed by atoms with Crippen LogP contribution in [0.25, 0.3) is 0 Å². The third-order valence-electron chi connectivity index (χ3n) is 3.74. The van der Waals surface area contributed by atoms with Crippen LogP contribution in [0.15, 0.2) is 24.3 Å². The molecule has 0 saturated carbocycles. The smallest absolute Gasteiger partial charge is 0.312 e. The molecule has 0 fully saturated rings. The summed E-state index contributed by atoms with van der Waals surface area (Å²) in [6.07, 6.45) is -0.484. The fourth-order valence-corrected chi connectivity index (χ4v) is 2.49. The van der Waals surface area contributed by atoms with Crippen molar-refractivity contribution in [3.63, 3.8) is 0 Å². The van der Waals surface area contributed by atoms with Crippen molar-refractivity contribution in [3.05, 3.63) is 29.8 Å². The van der Waals surface area contributed by atoms with E-state index in [2.05, 4.69) is 10.6 Å². The second kappa shape index (κ2) is 11.4. The van der Waals surface area contributed by atoms with Gasteiger partial charge in [0.15, 0.2) is 0 Å². The minimum absolute atomic E-state index is 0.0161. The predicted molar refractivity (Wildman–Crippen MR) is 103 cm³/mol. The van der Waals surface area contributed by atoms with E-state index in [0.717, 1.165) is 0 Å². The number of nitrogens with one attached hydrogen (secondary N) is 2. The van der Waals surface area contributed by atoms with Gasteiger partial charge in [-0.25, -0.2) is 0 Å². The lowest BCUT2D eigenvalue weighted by molar-refractivity contribution is -0.156. The van der Waals surface area contributed by atoms with Crippen LogP contribution in [0, 0.1) is 5.92 Å². The highest BCUT2D eigenvalue weighted by Crippen LogP contribution is 2.15. The van der Waals surface area contributed by atoms with E-state index in [4.69, 9.17) is 15.2 Å². The molecular weight excluding hydrogens is 382 g/mol. The van der Waals surface area contributed by atoms with Crippen molar-refractivity contribution in [2.75, 3.05) is 18.5 Å². The number of anilines is 1. The van der Waals surface area contributed by atoms with E-state index >= 15 is 0 Å². The van der Waals surface area contributed by atoms with Gasteiger partial charge < -0.3 is 25.8 Å². The molecule has 158 valence electrons. The summed E-state index contributed by atoms with van der Waals surface area (Å²) in [5, 5.41) is 4.92. The lowest BCUT2D eigenvalue weighted by Gasteiger charge is -2.23. The van der Waals surface area contributed by atoms with E-state index in [1.54, 1.807) is 13.8 Å². The molecule has 0 aromatic heterocycles. The van der Waals surface area contributed by atoms with Crippen LogP contribution >= 0.6 is 0 Å². The first-order valence-corrected chi connectivity index (χ1v) is 8.99. The number of amides is 3. The number of hydrogen-bond acceptors (Lipinski definition) is 7. The number of carbonyl (C=O) groups is 5. The number of nitrogens with two attached hydrogens (primary N) is 1. The van der Waals surface area contributed by atoms with Crippen molar-refractivity contribution >= 4 is 35.3 Å². The van der Waals surface area contributed by atoms with E-state index in [9.17, 15) is 24.0 Å². The molecule has 1 aromatic carbocycles. The monoisotopic (exact) mass is 407 g/mol. The third-order valence-corrected chi connectivity index (χ3v) is 3.74. The Morgan fingerprint density at radius 2 is 1.59 bits per heavy atom. The maximum atomic E-state index is 12.5. The molecule has 3 amide bonds. The number of primary amides is 1. The van der Waals surface area contributed by atoms with Gasteiger partial charge in [0.2, 0.25) is 11.8 Å². The lowest BCUT2D eigenvalue weighted by atomic mass is 9.95. The molecule has 0 aliphatic heterocycles. The largest absolute Gasteiger partial charge is 0.466 e. The first-order valence-electron chi connectivity index (χ1n) is 8.99. The minimum atomic E-state index is -1.49. The molecule has 1 aromatic rings. The van der Waals surface area contributed by atoms with E-state index < -0.39 is 42.1 Å². The van der Waals surface area contributed by atoms with Crippen LogP contribution in [0.4, 0.5) is 5.69 Å². The number of benzene rings is 1. The van der Waals surface area contributed by atoms with Crippen LogP contribution in [0.1, 0.15) is 37.6 Å². The van der Waals surface area contributed by atoms with Gasteiger partial charge >= 0.3 is 11.9 Å². The van der Waals surface area contributed by atoms with Gasteiger partial charge in [-0.2, -0.15) is 0 Å². The highest BCUT2D eigenvalue weighted by Gasteiger charge is 2.37. The fraction of sp³-hybridized carbons (Fsp3) is 0.421. The fourth-order valence-electron chi connectivity index (χ4n) is 2.49. The maximum Gasteiger partial charge on any atom is 0.312 e. The molecular formula is C19H25N3O7. The van der Waals surface area contributed by atoms with Crippen LogP contribution in [0.3, 0.4) is 0 Å². The Balaban J connectivity index is 3.03. The maximum absolute atomic E-state index is 12.5. The van der Waals surface area contributed by atoms with Crippen LogP contribution < -0.4 is 16.4 Å². The van der Waals surface area contributed by atoms with Crippen molar-refractivity contribution in [3.8, 4) is 0 Å². The number of esters is 2. The van der Waals surface area contributed by atoms with Crippen molar-refractivity contribution in [1.29, 1.82) is 0 Å². The highest BCUT2D eigenvalue weighted by atomic mass is 16.5. The molecule has 10 heteroatoms. The van der Waals surface area contributed by atoms with E-state index in [0.29, 0.717) is 5.69 Å². The average molecular weight is 407 g/mol. The molecule has 10 nitrogen and oxygen atoms in total. The summed E-state index contributed by atoms with van der Waals surface area (Å²) < 4.78 is 9.73. The van der Waals surface area contributed by atoms with E-state index in [1.807, 2.05) is 0 Å². The number of rotatable bonds is 10. The second-order valence-corrected chi connectivity index (χ2v) is 5.98. The highest BCUT2D eigenvalue weighted by molar-refractivity contribution is 5.99. The van der Waals surface area contributed by atoms with Gasteiger partial charge in [0.1, 0.15) is 6.04 Å². The Labute approximate surface area is 168 Å². The Morgan fingerprint density at radius 3 is 2.07 bits per heavy atom. The summed E-state index contributed by atoms with van der Waals surface area (Å²) >= 11 is 0. The molecule has 1 rings (SSSR count). The van der Waals surface area contributed by atoms with Crippen molar-refractivity contribution in [1.82, 2.24) is 5.32 Å². The first-order chi connectivity index (χ1) is 13.7. The number of hydrogen-bond donors (Lipinski definition) is 3. The summed E-state index contributed by atoms with van der Waals surface area (Å²) in [5.74, 6) is -4.89. The Morgan fingerprint density at radius 1 is 1.00 bits per heavy atom. The van der Waals surface area contributed by atoms with Gasteiger partial charge in [0.25, 0.3) is 5.91 Å². The van der Waals surface area contributed by atoms with E-state index in [1.165, 1.54) is 31.2 Å². The Kier molecular flexibility index (Phi) is 9.30. The van der Waals surface area contributed by atoms with Crippen LogP contribution in [-0.4, -0.2) is 48.9 Å². The standard InChI is InChI=1S/C19H25N3O7/c1-4-28-15(24)10-14(19(27)29-5-2)16(17(20)25)22-18(26)12-6-8-13(9-7-12)21-11(3)23/h6-9,14,16H,4-5,10H2,1-3H3,(H2,20,25)(H,21,23)(H,22,26)/t14-,16+/m1/s1. The Bertz CT molecular complexity index is 762. The molecule has 4 N–H and O–H groups in total. The first kappa shape index (κ1) is 23.6. The molecule has 0 spiro atoms. The number of carbonyl (C=O) groups excluding carboxylic acids is 5. The summed E-state index contributed by atoms with van der Waals surface area (Å²) in [7, 11) is 0. The molecule has 0 radical (unpaired) electrons. The normalized spacial score (nSPS) is 12.2. The van der Waals surface area contributed by atoms with Crippen molar-refractivity contribution in [2.24, 2.45) is 11.7 Å². The minimum Gasteiger partial charge on any atom is -0.466 e. The quantitative estimate of drug-likeness (QED) is 0.473. The van der Waals surface area contributed by atoms with Gasteiger partial charge in [0, 0.05) is 18.2 Å². The summed E-state index contributed by atoms with van der Waals surface area (Å²) in [5.41, 5.74) is 6.00. The molecule has 0 aliphatic rings. The Hall–Kier alpha value is -3.43. The van der Waals surface area contributed by atoms with Crippen LogP contribution in [-0.2, 0) is 28.7 Å². The van der Waals surface area contributed by atoms with Gasteiger partial charge in [-0.3, -0.25) is 24.0 Å². The summed E-state index contributed by atoms with van der Waals surface area (Å²) in [6, 6.07) is 4.35. The molecule has 0 unspecified atom stereocenters. The summed E-state index contributed by atoms with van der Waals surface area (Å²) in [4.78, 5) is 59.6. The van der Waals surface area contributed by atoms with Crippen LogP contribution in [0.2, 0.25) is 0 Å².